The molecule has 0 amide bonds. The Bertz CT molecular complexity index is 80.0. The van der Waals surface area contributed by atoms with Gasteiger partial charge in [-0.1, -0.05) is 0 Å². The minimum Gasteiger partial charge on any atom is -0.543 e. The third-order valence-electron chi connectivity index (χ3n) is 0.167. The van der Waals surface area contributed by atoms with Crippen LogP contribution < -0.4 is 16.4 Å². The molecule has 0 aliphatic rings. The summed E-state index contributed by atoms with van der Waals surface area (Å²) in [6.45, 7) is 0. The molecule has 0 saturated heterocycles. The molecule has 0 aliphatic heterocycles. The molecule has 0 spiro atoms. The van der Waals surface area contributed by atoms with Gasteiger partial charge in [0.15, 0.2) is 0 Å². The van der Waals surface area contributed by atoms with Crippen molar-refractivity contribution < 1.29 is 40.2 Å². The van der Waals surface area contributed by atoms with Gasteiger partial charge >= 0.3 is 20.4 Å². The number of carboxylic acids is 2. The van der Waals surface area contributed by atoms with Gasteiger partial charge in [0.05, 0.1) is 11.9 Å². The minimum atomic E-state index is -2.19. The molecule has 0 aromatic rings. The second-order valence-electron chi connectivity index (χ2n) is 0.575. The Morgan fingerprint density at radius 1 is 1.00 bits per heavy atom. The molecule has 51 valence electrons. The summed E-state index contributed by atoms with van der Waals surface area (Å²) in [4.78, 5) is 17.9. The summed E-state index contributed by atoms with van der Waals surface area (Å²) in [5.41, 5.74) is 0. The first-order chi connectivity index (χ1) is 2.64. The number of quaternary nitrogens is 1. The Hall–Kier alpha value is -0.438. The van der Waals surface area contributed by atoms with E-state index in [4.69, 9.17) is 19.8 Å². The molecule has 4 N–H and O–H groups in total. The van der Waals surface area contributed by atoms with Crippen LogP contribution in [0, 0.1) is 0 Å². The largest absolute Gasteiger partial charge is 1.00 e. The fourth-order valence-electron chi connectivity index (χ4n) is 0. The van der Waals surface area contributed by atoms with E-state index in [1.807, 2.05) is 0 Å². The molecule has 0 atom stereocenters. The number of carbonyl (C=O) groups excluding carboxylic acids is 2. The molecule has 0 aliphatic carbocycles. The fraction of sp³-hybridized carbons (Fsp3) is 0. The first-order valence-corrected chi connectivity index (χ1v) is 1.07. The predicted octanol–water partition coefficient (Wildman–Crippen LogP) is -3.14. The number of carboxylic acid groups (broad SMARTS) is 2. The van der Waals surface area contributed by atoms with Crippen molar-refractivity contribution in [2.45, 2.75) is 0 Å². The zero-order chi connectivity index (χ0) is 5.15. The maximum absolute atomic E-state index is 8.93. The summed E-state index contributed by atoms with van der Waals surface area (Å²) in [6, 6.07) is 0. The van der Waals surface area contributed by atoms with Gasteiger partial charge in [-0.25, -0.2) is 0 Å². The Morgan fingerprint density at radius 2 is 1.12 bits per heavy atom. The van der Waals surface area contributed by atoms with Gasteiger partial charge in [0.1, 0.15) is 0 Å². The summed E-state index contributed by atoms with van der Waals surface area (Å²) in [5, 5.41) is 17.9. The van der Waals surface area contributed by atoms with Crippen molar-refractivity contribution in [2.24, 2.45) is 0 Å². The topological polar surface area (TPSA) is 117 Å². The van der Waals surface area contributed by atoms with E-state index in [9.17, 15) is 0 Å². The van der Waals surface area contributed by atoms with Crippen molar-refractivity contribution in [3.63, 3.8) is 0 Å². The molecule has 0 rings (SSSR count). The summed E-state index contributed by atoms with van der Waals surface area (Å²) in [6.07, 6.45) is 0. The second kappa shape index (κ2) is 6.56. The molecular weight excluding hydrogens is 208 g/mol. The van der Waals surface area contributed by atoms with E-state index >= 15 is 0 Å². The average molecular weight is 212 g/mol. The number of carbonyl (C=O) groups is 2. The Morgan fingerprint density at radius 3 is 1.12 bits per heavy atom. The standard InChI is InChI=1S/C2H2O4.H3N.Pd/c3-1(4)2(5)6;;/h(H,3,4)(H,5,6);1H3;/q;;+1/p-1. The molecule has 0 saturated carbocycles. The molecule has 8 heavy (non-hydrogen) atoms. The second-order valence-corrected chi connectivity index (χ2v) is 0.575. The number of hydrogen-bond acceptors (Lipinski definition) is 4. The Balaban J connectivity index is -0.000000125. The molecule has 0 aromatic carbocycles. The van der Waals surface area contributed by atoms with Crippen LogP contribution in [0.3, 0.4) is 0 Å². The van der Waals surface area contributed by atoms with Gasteiger partial charge < -0.3 is 26.0 Å². The van der Waals surface area contributed by atoms with Crippen LogP contribution in [-0.4, -0.2) is 11.9 Å². The van der Waals surface area contributed by atoms with E-state index in [2.05, 4.69) is 0 Å². The SMILES string of the molecule is O=C([O-])C(=O)[O-].[NH4+].[Pd+]. The number of rotatable bonds is 0. The van der Waals surface area contributed by atoms with Crippen molar-refractivity contribution in [1.29, 1.82) is 0 Å². The van der Waals surface area contributed by atoms with Gasteiger partial charge in [-0.2, -0.15) is 0 Å². The van der Waals surface area contributed by atoms with E-state index < -0.39 is 11.9 Å². The number of aliphatic carboxylic acids is 2. The molecule has 0 unspecified atom stereocenters. The maximum Gasteiger partial charge on any atom is 1.00 e. The summed E-state index contributed by atoms with van der Waals surface area (Å²) in [7, 11) is 0. The zero-order valence-electron chi connectivity index (χ0n) is 3.95. The first-order valence-electron chi connectivity index (χ1n) is 1.07. The smallest absolute Gasteiger partial charge is 0.543 e. The Kier molecular flexibility index (Phi) is 12.8. The van der Waals surface area contributed by atoms with Gasteiger partial charge in [0, 0.05) is 0 Å². The van der Waals surface area contributed by atoms with Crippen LogP contribution >= 0.6 is 0 Å². The maximum atomic E-state index is 8.93. The molecule has 5 nitrogen and oxygen atoms in total. The molecular formula is C2H4NO4Pd. The normalized spacial score (nSPS) is 5.50. The van der Waals surface area contributed by atoms with Gasteiger partial charge in [0.25, 0.3) is 0 Å². The molecule has 6 heteroatoms. The third-order valence-corrected chi connectivity index (χ3v) is 0.167. The molecule has 1 radical (unpaired) electrons. The monoisotopic (exact) mass is 212 g/mol. The van der Waals surface area contributed by atoms with E-state index in [-0.39, 0.29) is 26.6 Å². The fourth-order valence-corrected chi connectivity index (χ4v) is 0. The van der Waals surface area contributed by atoms with Crippen molar-refractivity contribution in [3.8, 4) is 0 Å². The number of hydrogen-bond donors (Lipinski definition) is 1. The van der Waals surface area contributed by atoms with Crippen molar-refractivity contribution in [2.75, 3.05) is 0 Å². The summed E-state index contributed by atoms with van der Waals surface area (Å²) >= 11 is 0. The van der Waals surface area contributed by atoms with Crippen LogP contribution in [0.4, 0.5) is 0 Å². The molecule has 0 bridgehead atoms. The minimum absolute atomic E-state index is 0. The quantitative estimate of drug-likeness (QED) is 0.337. The van der Waals surface area contributed by atoms with E-state index in [0.717, 1.165) is 0 Å². The van der Waals surface area contributed by atoms with Crippen molar-refractivity contribution in [3.05, 3.63) is 0 Å². The van der Waals surface area contributed by atoms with Gasteiger partial charge in [-0.3, -0.25) is 0 Å². The molecule has 0 heterocycles. The van der Waals surface area contributed by atoms with E-state index in [0.29, 0.717) is 0 Å². The van der Waals surface area contributed by atoms with Crippen LogP contribution in [-0.2, 0) is 30.0 Å². The third kappa shape index (κ3) is 9.12. The van der Waals surface area contributed by atoms with Crippen molar-refractivity contribution >= 4 is 11.9 Å². The van der Waals surface area contributed by atoms with E-state index in [1.54, 1.807) is 0 Å². The average Bonchev–Trinajstić information content (AvgIpc) is 1.36. The first kappa shape index (κ1) is 15.6. The molecule has 0 fully saturated rings. The van der Waals surface area contributed by atoms with Crippen molar-refractivity contribution in [1.82, 2.24) is 6.15 Å². The zero-order valence-corrected chi connectivity index (χ0v) is 5.50. The van der Waals surface area contributed by atoms with Crippen LogP contribution in [0.2, 0.25) is 0 Å². The van der Waals surface area contributed by atoms with Gasteiger partial charge in [0.2, 0.25) is 0 Å². The van der Waals surface area contributed by atoms with Crippen LogP contribution in [0.1, 0.15) is 0 Å². The Labute approximate surface area is 58.9 Å². The van der Waals surface area contributed by atoms with Crippen LogP contribution in [0.5, 0.6) is 0 Å². The summed E-state index contributed by atoms with van der Waals surface area (Å²) in [5.74, 6) is -4.37. The van der Waals surface area contributed by atoms with Crippen LogP contribution in [0.25, 0.3) is 0 Å². The summed E-state index contributed by atoms with van der Waals surface area (Å²) < 4.78 is 0. The predicted molar refractivity (Wildman–Crippen MR) is 16.0 cm³/mol. The molecule has 0 aromatic heterocycles. The van der Waals surface area contributed by atoms with E-state index in [1.165, 1.54) is 0 Å². The van der Waals surface area contributed by atoms with Gasteiger partial charge in [-0.15, -0.1) is 0 Å². The van der Waals surface area contributed by atoms with Gasteiger partial charge in [-0.05, 0) is 0 Å². The van der Waals surface area contributed by atoms with Crippen LogP contribution in [0.15, 0.2) is 0 Å².